The lowest BCUT2D eigenvalue weighted by molar-refractivity contribution is 0.206. The van der Waals surface area contributed by atoms with Gasteiger partial charge >= 0.3 is 0 Å². The molecule has 0 amide bonds. The van der Waals surface area contributed by atoms with Crippen LogP contribution in [-0.4, -0.2) is 20.3 Å². The number of hydrogen-bond acceptors (Lipinski definition) is 3. The number of rotatable bonds is 3. The predicted molar refractivity (Wildman–Crippen MR) is 25.8 cm³/mol. The van der Waals surface area contributed by atoms with Crippen LogP contribution < -0.4 is 5.84 Å². The fourth-order valence-electron chi connectivity index (χ4n) is 0.190. The number of nitrogens with zero attached hydrogens (tertiary/aromatic N) is 2. The highest BCUT2D eigenvalue weighted by atomic mass is 16.5. The van der Waals surface area contributed by atoms with Crippen LogP contribution in [0.1, 0.15) is 0 Å². The van der Waals surface area contributed by atoms with Gasteiger partial charge in [0.05, 0.1) is 13.2 Å². The second-order valence-electron chi connectivity index (χ2n) is 0.973. The van der Waals surface area contributed by atoms with Crippen LogP contribution in [-0.2, 0) is 4.74 Å². The van der Waals surface area contributed by atoms with Gasteiger partial charge in [-0.05, 0) is 0 Å². The summed E-state index contributed by atoms with van der Waals surface area (Å²) in [4.78, 5) is 0. The minimum absolute atomic E-state index is 0.549. The zero-order valence-electron chi connectivity index (χ0n) is 4.29. The Labute approximate surface area is 42.3 Å². The van der Waals surface area contributed by atoms with Gasteiger partial charge in [0.2, 0.25) is 0 Å². The van der Waals surface area contributed by atoms with Gasteiger partial charge in [-0.2, -0.15) is 5.11 Å². The van der Waals surface area contributed by atoms with Crippen LogP contribution in [0.2, 0.25) is 0 Å². The van der Waals surface area contributed by atoms with Crippen molar-refractivity contribution in [1.82, 2.24) is 0 Å². The molecule has 42 valence electrons. The number of hydrogen-bond donors (Lipinski definition) is 1. The molecule has 7 heavy (non-hydrogen) atoms. The summed E-state index contributed by atoms with van der Waals surface area (Å²) in [6.07, 6.45) is 0. The van der Waals surface area contributed by atoms with Crippen molar-refractivity contribution in [3.05, 3.63) is 0 Å². The maximum atomic E-state index is 4.67. The van der Waals surface area contributed by atoms with Gasteiger partial charge in [0.1, 0.15) is 0 Å². The molecule has 0 heterocycles. The predicted octanol–water partition coefficient (Wildman–Crippen LogP) is -0.0413. The van der Waals surface area contributed by atoms with Crippen molar-refractivity contribution in [2.75, 3.05) is 20.3 Å². The van der Waals surface area contributed by atoms with Gasteiger partial charge in [-0.3, -0.25) is 0 Å². The molecule has 0 unspecified atom stereocenters. The lowest BCUT2D eigenvalue weighted by Gasteiger charge is -1.86. The summed E-state index contributed by atoms with van der Waals surface area (Å²) in [7, 11) is 1.60. The first-order valence-corrected chi connectivity index (χ1v) is 1.97. The van der Waals surface area contributed by atoms with Crippen molar-refractivity contribution >= 4 is 0 Å². The second-order valence-corrected chi connectivity index (χ2v) is 0.973. The van der Waals surface area contributed by atoms with E-state index in [9.17, 15) is 0 Å². The summed E-state index contributed by atoms with van der Waals surface area (Å²) >= 11 is 0. The van der Waals surface area contributed by atoms with Gasteiger partial charge in [-0.25, -0.2) is 0 Å². The molecule has 0 spiro atoms. The van der Waals surface area contributed by atoms with Crippen molar-refractivity contribution < 1.29 is 4.74 Å². The van der Waals surface area contributed by atoms with E-state index in [4.69, 9.17) is 0 Å². The molecule has 0 saturated carbocycles. The number of methoxy groups -OCH3 is 1. The van der Waals surface area contributed by atoms with E-state index in [1.165, 1.54) is 0 Å². The first-order valence-electron chi connectivity index (χ1n) is 1.97. The maximum absolute atomic E-state index is 4.67. The molecule has 0 aromatic carbocycles. The Kier molecular flexibility index (Phi) is 4.87. The third-order valence-corrected chi connectivity index (χ3v) is 0.477. The third kappa shape index (κ3) is 5.36. The fraction of sp³-hybridized carbons (Fsp3) is 1.00. The Morgan fingerprint density at radius 1 is 1.71 bits per heavy atom. The first-order chi connectivity index (χ1) is 3.41. The average Bonchev–Trinajstić information content (AvgIpc) is 1.69. The molecule has 0 bridgehead atoms. The van der Waals surface area contributed by atoms with E-state index < -0.39 is 0 Å². The molecule has 0 aliphatic rings. The van der Waals surface area contributed by atoms with Gasteiger partial charge in [0.25, 0.3) is 0 Å². The molecule has 0 radical (unpaired) electrons. The van der Waals surface area contributed by atoms with E-state index in [-0.39, 0.29) is 0 Å². The minimum atomic E-state index is 0.549. The van der Waals surface area contributed by atoms with Crippen molar-refractivity contribution in [2.24, 2.45) is 16.2 Å². The molecular formula is C3H9N3O. The van der Waals surface area contributed by atoms with Crippen LogP contribution in [0.3, 0.4) is 0 Å². The molecule has 0 fully saturated rings. The van der Waals surface area contributed by atoms with Gasteiger partial charge in [0.15, 0.2) is 0 Å². The van der Waals surface area contributed by atoms with Crippen LogP contribution in [0, 0.1) is 0 Å². The molecule has 4 heteroatoms. The molecule has 4 nitrogen and oxygen atoms in total. The lowest BCUT2D eigenvalue weighted by atomic mass is 10.7. The molecule has 0 aromatic rings. The van der Waals surface area contributed by atoms with E-state index >= 15 is 0 Å². The van der Waals surface area contributed by atoms with Crippen LogP contribution in [0.4, 0.5) is 0 Å². The topological polar surface area (TPSA) is 60.0 Å². The highest BCUT2D eigenvalue weighted by molar-refractivity contribution is 4.29. The van der Waals surface area contributed by atoms with E-state index in [1.807, 2.05) is 0 Å². The Morgan fingerprint density at radius 3 is 2.86 bits per heavy atom. The summed E-state index contributed by atoms with van der Waals surface area (Å²) < 4.78 is 4.63. The highest BCUT2D eigenvalue weighted by Crippen LogP contribution is 1.69. The van der Waals surface area contributed by atoms with Crippen molar-refractivity contribution in [3.8, 4) is 0 Å². The van der Waals surface area contributed by atoms with Crippen molar-refractivity contribution in [2.45, 2.75) is 0 Å². The zero-order chi connectivity index (χ0) is 5.54. The zero-order valence-corrected chi connectivity index (χ0v) is 4.29. The maximum Gasteiger partial charge on any atom is 0.0853 e. The SMILES string of the molecule is COCCN=NN. The minimum Gasteiger partial charge on any atom is -0.383 e. The highest BCUT2D eigenvalue weighted by Gasteiger charge is 1.74. The normalized spacial score (nSPS) is 10.4. The van der Waals surface area contributed by atoms with E-state index in [0.717, 1.165) is 0 Å². The second kappa shape index (κ2) is 5.36. The summed E-state index contributed by atoms with van der Waals surface area (Å²) in [5, 5.41) is 6.46. The van der Waals surface area contributed by atoms with Gasteiger partial charge in [0, 0.05) is 7.11 Å². The molecule has 0 saturated heterocycles. The molecule has 0 aromatic heterocycles. The Balaban J connectivity index is 2.69. The van der Waals surface area contributed by atoms with E-state index in [0.29, 0.717) is 13.2 Å². The summed E-state index contributed by atoms with van der Waals surface area (Å²) in [5.41, 5.74) is 0. The molecular weight excluding hydrogens is 94.1 g/mol. The molecule has 0 aliphatic carbocycles. The fourth-order valence-corrected chi connectivity index (χ4v) is 0.190. The standard InChI is InChI=1S/C3H9N3O/c1-7-3-2-5-6-4/h2-3H2,1H3,(H2,4,5). The monoisotopic (exact) mass is 103 g/mol. The summed E-state index contributed by atoms with van der Waals surface area (Å²) in [6.45, 7) is 1.13. The smallest absolute Gasteiger partial charge is 0.0853 e. The molecule has 0 aliphatic heterocycles. The largest absolute Gasteiger partial charge is 0.383 e. The lowest BCUT2D eigenvalue weighted by Crippen LogP contribution is -1.92. The van der Waals surface area contributed by atoms with E-state index in [2.05, 4.69) is 20.9 Å². The summed E-state index contributed by atoms with van der Waals surface area (Å²) in [6, 6.07) is 0. The molecule has 2 N–H and O–H groups in total. The molecule has 0 rings (SSSR count). The van der Waals surface area contributed by atoms with Gasteiger partial charge < -0.3 is 10.6 Å². The van der Waals surface area contributed by atoms with Crippen LogP contribution in [0.5, 0.6) is 0 Å². The Bertz CT molecular complexity index is 54.1. The average molecular weight is 103 g/mol. The summed E-state index contributed by atoms with van der Waals surface area (Å²) in [5.74, 6) is 4.67. The quantitative estimate of drug-likeness (QED) is 0.236. The number of ether oxygens (including phenoxy) is 1. The number of nitrogens with two attached hydrogens (primary N) is 1. The molecule has 0 atom stereocenters. The Hall–Kier alpha value is -0.640. The first kappa shape index (κ1) is 6.36. The van der Waals surface area contributed by atoms with E-state index in [1.54, 1.807) is 7.11 Å². The van der Waals surface area contributed by atoms with Crippen LogP contribution in [0.15, 0.2) is 10.3 Å². The van der Waals surface area contributed by atoms with Crippen LogP contribution >= 0.6 is 0 Å². The van der Waals surface area contributed by atoms with Gasteiger partial charge in [-0.15, -0.1) is 0 Å². The third-order valence-electron chi connectivity index (χ3n) is 0.477. The van der Waals surface area contributed by atoms with Crippen molar-refractivity contribution in [3.63, 3.8) is 0 Å². The van der Waals surface area contributed by atoms with Crippen molar-refractivity contribution in [1.29, 1.82) is 0 Å². The van der Waals surface area contributed by atoms with Crippen LogP contribution in [0.25, 0.3) is 0 Å². The Morgan fingerprint density at radius 2 is 2.43 bits per heavy atom. The van der Waals surface area contributed by atoms with Gasteiger partial charge in [-0.1, -0.05) is 5.22 Å².